The second-order valence-electron chi connectivity index (χ2n) is 5.48. The molecule has 2 N–H and O–H groups in total. The summed E-state index contributed by atoms with van der Waals surface area (Å²) in [6.07, 6.45) is -3.64. The number of alkyl halides is 3. The van der Waals surface area contributed by atoms with Gasteiger partial charge in [-0.1, -0.05) is 11.6 Å². The highest BCUT2D eigenvalue weighted by Crippen LogP contribution is 2.51. The van der Waals surface area contributed by atoms with Crippen LogP contribution in [0.2, 0.25) is 5.02 Å². The molecule has 0 unspecified atom stereocenters. The molecule has 0 aliphatic heterocycles. The predicted molar refractivity (Wildman–Crippen MR) is 85.3 cm³/mol. The normalized spacial score (nSPS) is 15.8. The maximum atomic E-state index is 12.9. The quantitative estimate of drug-likeness (QED) is 0.711. The number of amides is 1. The van der Waals surface area contributed by atoms with Gasteiger partial charge in [-0.15, -0.1) is 11.8 Å². The number of halogens is 4. The molecule has 9 heteroatoms. The number of carbonyl (C=O) groups excluding carboxylic acids is 1. The fourth-order valence-corrected chi connectivity index (χ4v) is 3.24. The van der Waals surface area contributed by atoms with E-state index in [0.717, 1.165) is 30.0 Å². The zero-order chi connectivity index (χ0) is 18.0. The summed E-state index contributed by atoms with van der Waals surface area (Å²) in [7, 11) is 0. The molecule has 132 valence electrons. The van der Waals surface area contributed by atoms with Crippen LogP contribution in [-0.4, -0.2) is 35.0 Å². The van der Waals surface area contributed by atoms with Crippen LogP contribution in [0.5, 0.6) is 0 Å². The SMILES string of the molecule is O=C(O)CSCCNC(=O)C1(c2cc(C(F)(F)F)ccc2Cl)CC1. The van der Waals surface area contributed by atoms with E-state index in [1.165, 1.54) is 0 Å². The highest BCUT2D eigenvalue weighted by molar-refractivity contribution is 7.99. The van der Waals surface area contributed by atoms with Gasteiger partial charge in [0.05, 0.1) is 16.7 Å². The molecular formula is C15H15ClF3NO3S. The molecule has 1 aliphatic carbocycles. The van der Waals surface area contributed by atoms with Crippen molar-refractivity contribution in [1.29, 1.82) is 0 Å². The Morgan fingerprint density at radius 3 is 2.54 bits per heavy atom. The van der Waals surface area contributed by atoms with Crippen molar-refractivity contribution in [2.75, 3.05) is 18.1 Å². The number of benzene rings is 1. The Bertz CT molecular complexity index is 647. The highest BCUT2D eigenvalue weighted by atomic mass is 35.5. The number of carbonyl (C=O) groups is 2. The third-order valence-corrected chi connectivity index (χ3v) is 5.02. The lowest BCUT2D eigenvalue weighted by Crippen LogP contribution is -2.36. The van der Waals surface area contributed by atoms with Gasteiger partial charge in [-0.05, 0) is 36.6 Å². The van der Waals surface area contributed by atoms with Crippen LogP contribution < -0.4 is 5.32 Å². The Morgan fingerprint density at radius 1 is 1.33 bits per heavy atom. The first-order valence-electron chi connectivity index (χ1n) is 7.12. The van der Waals surface area contributed by atoms with E-state index in [1.807, 2.05) is 0 Å². The average Bonchev–Trinajstić information content (AvgIpc) is 3.27. The van der Waals surface area contributed by atoms with Crippen LogP contribution in [0.1, 0.15) is 24.0 Å². The Balaban J connectivity index is 2.05. The Labute approximate surface area is 145 Å². The van der Waals surface area contributed by atoms with Gasteiger partial charge in [0.1, 0.15) is 0 Å². The minimum Gasteiger partial charge on any atom is -0.481 e. The first-order chi connectivity index (χ1) is 11.2. The molecule has 0 saturated heterocycles. The van der Waals surface area contributed by atoms with Crippen LogP contribution in [0.25, 0.3) is 0 Å². The van der Waals surface area contributed by atoms with Crippen molar-refractivity contribution in [3.63, 3.8) is 0 Å². The number of nitrogens with one attached hydrogen (secondary N) is 1. The molecule has 2 rings (SSSR count). The topological polar surface area (TPSA) is 66.4 Å². The van der Waals surface area contributed by atoms with Gasteiger partial charge in [-0.3, -0.25) is 9.59 Å². The summed E-state index contributed by atoms with van der Waals surface area (Å²) in [5.74, 6) is -0.981. The molecule has 0 heterocycles. The van der Waals surface area contributed by atoms with Gasteiger partial charge >= 0.3 is 12.1 Å². The minimum atomic E-state index is -4.50. The number of hydrogen-bond donors (Lipinski definition) is 2. The lowest BCUT2D eigenvalue weighted by molar-refractivity contribution is -0.138. The molecule has 1 saturated carbocycles. The molecule has 0 bridgehead atoms. The first kappa shape index (κ1) is 18.9. The molecule has 0 atom stereocenters. The highest BCUT2D eigenvalue weighted by Gasteiger charge is 2.52. The van der Waals surface area contributed by atoms with Gasteiger partial charge in [-0.2, -0.15) is 13.2 Å². The molecule has 4 nitrogen and oxygen atoms in total. The van der Waals surface area contributed by atoms with E-state index in [2.05, 4.69) is 5.32 Å². The summed E-state index contributed by atoms with van der Waals surface area (Å²) in [4.78, 5) is 22.7. The molecule has 0 spiro atoms. The monoisotopic (exact) mass is 381 g/mol. The third kappa shape index (κ3) is 4.36. The van der Waals surface area contributed by atoms with Crippen LogP contribution in [0.3, 0.4) is 0 Å². The van der Waals surface area contributed by atoms with E-state index in [0.29, 0.717) is 18.6 Å². The van der Waals surface area contributed by atoms with Crippen molar-refractivity contribution in [2.24, 2.45) is 0 Å². The molecule has 24 heavy (non-hydrogen) atoms. The number of carboxylic acid groups (broad SMARTS) is 1. The summed E-state index contributed by atoms with van der Waals surface area (Å²) >= 11 is 7.17. The number of hydrogen-bond acceptors (Lipinski definition) is 3. The second kappa shape index (κ2) is 7.23. The van der Waals surface area contributed by atoms with E-state index in [9.17, 15) is 22.8 Å². The summed E-state index contributed by atoms with van der Waals surface area (Å²) in [5, 5.41) is 11.3. The van der Waals surface area contributed by atoms with E-state index < -0.39 is 23.1 Å². The standard InChI is InChI=1S/C15H15ClF3NO3S/c16-11-2-1-9(15(17,18)19)7-10(11)14(3-4-14)13(23)20-5-6-24-8-12(21)22/h1-2,7H,3-6,8H2,(H,20,23)(H,21,22). The average molecular weight is 382 g/mol. The summed E-state index contributed by atoms with van der Waals surface area (Å²) in [6.45, 7) is 0.245. The summed E-state index contributed by atoms with van der Waals surface area (Å²) in [5.41, 5.74) is -1.66. The fourth-order valence-electron chi connectivity index (χ4n) is 2.38. The van der Waals surface area contributed by atoms with Gasteiger partial charge in [0.25, 0.3) is 0 Å². The van der Waals surface area contributed by atoms with Crippen molar-refractivity contribution in [3.05, 3.63) is 34.3 Å². The van der Waals surface area contributed by atoms with Gasteiger partial charge in [0.15, 0.2) is 0 Å². The maximum absolute atomic E-state index is 12.9. The maximum Gasteiger partial charge on any atom is 0.416 e. The summed E-state index contributed by atoms with van der Waals surface area (Å²) < 4.78 is 38.6. The number of carboxylic acids is 1. The number of thioether (sulfide) groups is 1. The molecule has 0 aromatic heterocycles. The van der Waals surface area contributed by atoms with Gasteiger partial charge in [0, 0.05) is 17.3 Å². The number of rotatable bonds is 7. The van der Waals surface area contributed by atoms with Crippen LogP contribution in [-0.2, 0) is 21.2 Å². The van der Waals surface area contributed by atoms with Crippen molar-refractivity contribution < 1.29 is 27.9 Å². The lowest BCUT2D eigenvalue weighted by Gasteiger charge is -2.19. The molecular weight excluding hydrogens is 367 g/mol. The summed E-state index contributed by atoms with van der Waals surface area (Å²) in [6, 6.07) is 2.99. The van der Waals surface area contributed by atoms with Crippen LogP contribution in [0.4, 0.5) is 13.2 Å². The molecule has 1 aromatic rings. The molecule has 1 amide bonds. The van der Waals surface area contributed by atoms with Crippen LogP contribution >= 0.6 is 23.4 Å². The Morgan fingerprint density at radius 2 is 2.00 bits per heavy atom. The first-order valence-corrected chi connectivity index (χ1v) is 8.65. The predicted octanol–water partition coefficient (Wildman–Crippen LogP) is 3.32. The zero-order valence-electron chi connectivity index (χ0n) is 12.5. The third-order valence-electron chi connectivity index (χ3n) is 3.75. The van der Waals surface area contributed by atoms with Gasteiger partial charge in [0.2, 0.25) is 5.91 Å². The second-order valence-corrected chi connectivity index (χ2v) is 6.99. The molecule has 0 radical (unpaired) electrons. The molecule has 1 aliphatic rings. The molecule has 1 fully saturated rings. The van der Waals surface area contributed by atoms with E-state index in [-0.39, 0.29) is 28.8 Å². The van der Waals surface area contributed by atoms with Crippen molar-refractivity contribution >= 4 is 35.2 Å². The smallest absolute Gasteiger partial charge is 0.416 e. The van der Waals surface area contributed by atoms with Crippen molar-refractivity contribution in [3.8, 4) is 0 Å². The Hall–Kier alpha value is -1.41. The Kier molecular flexibility index (Phi) is 5.70. The van der Waals surface area contributed by atoms with E-state index in [4.69, 9.17) is 16.7 Å². The van der Waals surface area contributed by atoms with Crippen molar-refractivity contribution in [2.45, 2.75) is 24.4 Å². The van der Waals surface area contributed by atoms with Gasteiger partial charge < -0.3 is 10.4 Å². The minimum absolute atomic E-state index is 0.0690. The van der Waals surface area contributed by atoms with Gasteiger partial charge in [-0.25, -0.2) is 0 Å². The van der Waals surface area contributed by atoms with E-state index >= 15 is 0 Å². The van der Waals surface area contributed by atoms with Crippen LogP contribution in [0, 0.1) is 0 Å². The number of aliphatic carboxylic acids is 1. The van der Waals surface area contributed by atoms with Crippen molar-refractivity contribution in [1.82, 2.24) is 5.32 Å². The fraction of sp³-hybridized carbons (Fsp3) is 0.467. The lowest BCUT2D eigenvalue weighted by atomic mass is 9.93. The largest absolute Gasteiger partial charge is 0.481 e. The zero-order valence-corrected chi connectivity index (χ0v) is 14.0. The molecule has 1 aromatic carbocycles. The van der Waals surface area contributed by atoms with E-state index in [1.54, 1.807) is 0 Å². The van der Waals surface area contributed by atoms with Crippen LogP contribution in [0.15, 0.2) is 18.2 Å².